The fourth-order valence-electron chi connectivity index (χ4n) is 7.28. The first-order valence-electron chi connectivity index (χ1n) is 22.8. The number of rotatable bonds is 33. The molecule has 0 atom stereocenters. The van der Waals surface area contributed by atoms with Crippen molar-refractivity contribution in [3.63, 3.8) is 0 Å². The Morgan fingerprint density at radius 2 is 1.03 bits per heavy atom. The number of carbonyl (C=O) groups is 2. The Morgan fingerprint density at radius 3 is 1.48 bits per heavy atom. The standard InChI is InChI=1S/C50H84N4O4/c1-11-17-31-51(32-18-12-2)49(55)41-53(7,8)35-21-23-37-57-47-30-28-44(40-45(47)26-16-6)46-39-43(25-15-5)27-29-48(46)58-38-24-22-36-54(9,10)42-50(56)52(33-19-13-3)34-20-14-4/h15-16,27-30,39-40H,5-6,11-14,17-26,31-38,41-42H2,1-4,7-10H3/q+2. The number of unbranched alkanes of at least 4 members (excludes halogenated alkanes) is 6. The number of nitrogens with zero attached hydrogens (tertiary/aromatic N) is 4. The van der Waals surface area contributed by atoms with Crippen molar-refractivity contribution >= 4 is 11.8 Å². The summed E-state index contributed by atoms with van der Waals surface area (Å²) in [7, 11) is 8.68. The average molecular weight is 805 g/mol. The van der Waals surface area contributed by atoms with E-state index in [1.54, 1.807) is 0 Å². The van der Waals surface area contributed by atoms with E-state index in [4.69, 9.17) is 9.47 Å². The van der Waals surface area contributed by atoms with Gasteiger partial charge in [0.15, 0.2) is 13.1 Å². The summed E-state index contributed by atoms with van der Waals surface area (Å²) in [5, 5.41) is 0. The number of benzene rings is 2. The highest BCUT2D eigenvalue weighted by molar-refractivity contribution is 5.78. The van der Waals surface area contributed by atoms with E-state index in [2.05, 4.69) is 115 Å². The largest absolute Gasteiger partial charge is 0.493 e. The van der Waals surface area contributed by atoms with Gasteiger partial charge in [0.05, 0.1) is 54.5 Å². The third-order valence-corrected chi connectivity index (χ3v) is 10.9. The lowest BCUT2D eigenvalue weighted by Gasteiger charge is -2.32. The van der Waals surface area contributed by atoms with Gasteiger partial charge in [0.1, 0.15) is 11.5 Å². The van der Waals surface area contributed by atoms with Gasteiger partial charge >= 0.3 is 0 Å². The van der Waals surface area contributed by atoms with Crippen LogP contribution in [0.15, 0.2) is 61.7 Å². The van der Waals surface area contributed by atoms with Crippen molar-refractivity contribution in [2.24, 2.45) is 0 Å². The molecule has 0 N–H and O–H groups in total. The van der Waals surface area contributed by atoms with Crippen LogP contribution < -0.4 is 9.47 Å². The molecule has 0 saturated heterocycles. The number of ether oxygens (including phenoxy) is 2. The summed E-state index contributed by atoms with van der Waals surface area (Å²) < 4.78 is 14.2. The molecule has 0 heterocycles. The molecule has 0 aliphatic rings. The van der Waals surface area contributed by atoms with Crippen LogP contribution in [0.5, 0.6) is 11.5 Å². The van der Waals surface area contributed by atoms with Gasteiger partial charge in [-0.3, -0.25) is 9.59 Å². The molecule has 0 aromatic heterocycles. The number of carbonyl (C=O) groups excluding carboxylic acids is 2. The minimum Gasteiger partial charge on any atom is -0.493 e. The van der Waals surface area contributed by atoms with Crippen LogP contribution in [-0.4, -0.2) is 124 Å². The molecule has 8 nitrogen and oxygen atoms in total. The zero-order chi connectivity index (χ0) is 42.8. The van der Waals surface area contributed by atoms with Gasteiger partial charge in [0, 0.05) is 31.7 Å². The Kier molecular flexibility index (Phi) is 24.4. The third-order valence-electron chi connectivity index (χ3n) is 10.9. The second kappa shape index (κ2) is 28.0. The smallest absolute Gasteiger partial charge is 0.277 e. The molecule has 2 aromatic rings. The van der Waals surface area contributed by atoms with Crippen LogP contribution in [0.1, 0.15) is 116 Å². The maximum absolute atomic E-state index is 13.2. The number of amides is 2. The first-order chi connectivity index (χ1) is 27.8. The third kappa shape index (κ3) is 19.4. The van der Waals surface area contributed by atoms with E-state index in [9.17, 15) is 9.59 Å². The molecule has 8 heteroatoms. The van der Waals surface area contributed by atoms with Crippen molar-refractivity contribution in [3.8, 4) is 22.6 Å². The molecular weight excluding hydrogens is 721 g/mol. The zero-order valence-electron chi connectivity index (χ0n) is 38.4. The van der Waals surface area contributed by atoms with Crippen LogP contribution in [0, 0.1) is 0 Å². The Hall–Kier alpha value is -3.62. The van der Waals surface area contributed by atoms with E-state index < -0.39 is 0 Å². The maximum Gasteiger partial charge on any atom is 0.277 e. The summed E-state index contributed by atoms with van der Waals surface area (Å²) in [6.07, 6.45) is 17.8. The highest BCUT2D eigenvalue weighted by atomic mass is 16.5. The van der Waals surface area contributed by atoms with Crippen molar-refractivity contribution in [1.29, 1.82) is 0 Å². The van der Waals surface area contributed by atoms with Crippen LogP contribution >= 0.6 is 0 Å². The minimum atomic E-state index is 0.273. The molecule has 0 aliphatic carbocycles. The molecule has 2 aromatic carbocycles. The second-order valence-electron chi connectivity index (χ2n) is 17.6. The topological polar surface area (TPSA) is 59.1 Å². The summed E-state index contributed by atoms with van der Waals surface area (Å²) in [6.45, 7) is 24.4. The van der Waals surface area contributed by atoms with Crippen molar-refractivity contribution < 1.29 is 28.0 Å². The molecule has 0 fully saturated rings. The van der Waals surface area contributed by atoms with Gasteiger partial charge in [0.25, 0.3) is 11.8 Å². The van der Waals surface area contributed by atoms with Gasteiger partial charge in [-0.05, 0) is 105 Å². The minimum absolute atomic E-state index is 0.273. The Morgan fingerprint density at radius 1 is 0.586 bits per heavy atom. The van der Waals surface area contributed by atoms with Crippen molar-refractivity contribution in [2.45, 2.75) is 118 Å². The predicted octanol–water partition coefficient (Wildman–Crippen LogP) is 10.1. The van der Waals surface area contributed by atoms with Crippen molar-refractivity contribution in [1.82, 2.24) is 9.80 Å². The average Bonchev–Trinajstić information content (AvgIpc) is 3.18. The second-order valence-corrected chi connectivity index (χ2v) is 17.6. The maximum atomic E-state index is 13.2. The molecule has 0 radical (unpaired) electrons. The fraction of sp³-hybridized carbons (Fsp3) is 0.640. The van der Waals surface area contributed by atoms with Crippen molar-refractivity contribution in [3.05, 3.63) is 72.8 Å². The molecule has 0 spiro atoms. The lowest BCUT2D eigenvalue weighted by atomic mass is 9.97. The highest BCUT2D eigenvalue weighted by Gasteiger charge is 2.25. The first-order valence-corrected chi connectivity index (χ1v) is 22.8. The first kappa shape index (κ1) is 50.5. The number of hydrogen-bond acceptors (Lipinski definition) is 4. The Bertz CT molecular complexity index is 1490. The van der Waals surface area contributed by atoms with E-state index in [1.165, 1.54) is 5.56 Å². The molecule has 0 bridgehead atoms. The van der Waals surface area contributed by atoms with Gasteiger partial charge in [-0.15, -0.1) is 13.2 Å². The predicted molar refractivity (Wildman–Crippen MR) is 246 cm³/mol. The number of quaternary nitrogens is 2. The van der Waals surface area contributed by atoms with Gasteiger partial charge in [-0.25, -0.2) is 0 Å². The molecule has 2 rings (SSSR count). The molecule has 0 unspecified atom stereocenters. The highest BCUT2D eigenvalue weighted by Crippen LogP contribution is 2.35. The number of allylic oxidation sites excluding steroid dienone is 2. The summed E-state index contributed by atoms with van der Waals surface area (Å²) in [6, 6.07) is 12.9. The van der Waals surface area contributed by atoms with E-state index >= 15 is 0 Å². The van der Waals surface area contributed by atoms with Crippen LogP contribution in [0.25, 0.3) is 11.1 Å². The molecule has 0 aliphatic heterocycles. The monoisotopic (exact) mass is 805 g/mol. The quantitative estimate of drug-likeness (QED) is 0.0410. The van der Waals surface area contributed by atoms with E-state index in [1.807, 2.05) is 12.2 Å². The van der Waals surface area contributed by atoms with Crippen LogP contribution in [-0.2, 0) is 22.4 Å². The van der Waals surface area contributed by atoms with Crippen LogP contribution in [0.3, 0.4) is 0 Å². The van der Waals surface area contributed by atoms with Gasteiger partial charge in [0.2, 0.25) is 0 Å². The summed E-state index contributed by atoms with van der Waals surface area (Å²) in [4.78, 5) is 30.6. The van der Waals surface area contributed by atoms with Gasteiger partial charge < -0.3 is 28.2 Å². The Balaban J connectivity index is 2.03. The Labute approximate surface area is 355 Å². The lowest BCUT2D eigenvalue weighted by molar-refractivity contribution is -0.883. The number of likely N-dealkylation sites (N-methyl/N-ethyl adjacent to an activating group) is 2. The number of hydrogen-bond donors (Lipinski definition) is 0. The van der Waals surface area contributed by atoms with E-state index in [-0.39, 0.29) is 11.8 Å². The summed E-state index contributed by atoms with van der Waals surface area (Å²) in [5.74, 6) is 2.31. The molecule has 2 amide bonds. The van der Waals surface area contributed by atoms with Gasteiger partial charge in [-0.1, -0.05) is 77.7 Å². The summed E-state index contributed by atoms with van der Waals surface area (Å²) >= 11 is 0. The summed E-state index contributed by atoms with van der Waals surface area (Å²) in [5.41, 5.74) is 4.45. The fourth-order valence-corrected chi connectivity index (χ4v) is 7.28. The van der Waals surface area contributed by atoms with Gasteiger partial charge in [-0.2, -0.15) is 0 Å². The zero-order valence-corrected chi connectivity index (χ0v) is 38.4. The molecule has 58 heavy (non-hydrogen) atoms. The van der Waals surface area contributed by atoms with E-state index in [0.717, 1.165) is 151 Å². The normalized spacial score (nSPS) is 11.7. The van der Waals surface area contributed by atoms with Crippen LogP contribution in [0.2, 0.25) is 0 Å². The molecule has 0 saturated carbocycles. The molecular formula is C50H84N4O4+2. The molecule has 326 valence electrons. The van der Waals surface area contributed by atoms with Crippen LogP contribution in [0.4, 0.5) is 0 Å². The lowest BCUT2D eigenvalue weighted by Crippen LogP contribution is -2.49. The van der Waals surface area contributed by atoms with Crippen molar-refractivity contribution in [2.75, 3.05) is 93.8 Å². The SMILES string of the molecule is C=CCc1ccc(OCCCC[N+](C)(C)CC(=O)N(CCCC)CCCC)c(-c2ccc(OCCCC[N+](C)(C)CC(=O)N(CCCC)CCCC)c(CC=C)c2)c1. The van der Waals surface area contributed by atoms with E-state index in [0.29, 0.717) is 41.7 Å².